The van der Waals surface area contributed by atoms with Crippen LogP contribution in [0.25, 0.3) is 11.4 Å². The van der Waals surface area contributed by atoms with Gasteiger partial charge in [0, 0.05) is 18.0 Å². The van der Waals surface area contributed by atoms with Gasteiger partial charge in [0.25, 0.3) is 5.89 Å². The standard InChI is InChI=1S/C16H13N3O4/c1-10(22-16(21)12-6-2-3-7-13(12)20)15-18-14(19-23-15)11-5-4-8-17-9-11/h2-10,20H,1H3/t10-/m1/s1. The molecular weight excluding hydrogens is 298 g/mol. The number of para-hydroxylation sites is 1. The fourth-order valence-corrected chi connectivity index (χ4v) is 1.93. The minimum absolute atomic E-state index is 0.0753. The van der Waals surface area contributed by atoms with E-state index in [4.69, 9.17) is 9.26 Å². The topological polar surface area (TPSA) is 98.3 Å². The lowest BCUT2D eigenvalue weighted by atomic mass is 10.2. The molecule has 0 aliphatic rings. The second-order valence-electron chi connectivity index (χ2n) is 4.76. The van der Waals surface area contributed by atoms with Crippen molar-refractivity contribution in [2.45, 2.75) is 13.0 Å². The van der Waals surface area contributed by atoms with E-state index in [0.717, 1.165) is 0 Å². The lowest BCUT2D eigenvalue weighted by Gasteiger charge is -2.09. The molecule has 0 spiro atoms. The number of phenols is 1. The van der Waals surface area contributed by atoms with Gasteiger partial charge in [-0.2, -0.15) is 4.98 Å². The Balaban J connectivity index is 1.74. The molecule has 0 bridgehead atoms. The van der Waals surface area contributed by atoms with E-state index in [9.17, 15) is 9.90 Å². The molecule has 2 aromatic heterocycles. The number of nitrogens with zero attached hydrogens (tertiary/aromatic N) is 3. The summed E-state index contributed by atoms with van der Waals surface area (Å²) < 4.78 is 10.4. The third kappa shape index (κ3) is 3.18. The maximum Gasteiger partial charge on any atom is 0.342 e. The van der Waals surface area contributed by atoms with Crippen LogP contribution >= 0.6 is 0 Å². The van der Waals surface area contributed by atoms with Gasteiger partial charge in [0.2, 0.25) is 5.82 Å². The number of hydrogen-bond donors (Lipinski definition) is 1. The molecule has 23 heavy (non-hydrogen) atoms. The first kappa shape index (κ1) is 14.7. The second-order valence-corrected chi connectivity index (χ2v) is 4.76. The van der Waals surface area contributed by atoms with Gasteiger partial charge in [-0.15, -0.1) is 0 Å². The molecule has 0 radical (unpaired) electrons. The molecule has 0 fully saturated rings. The van der Waals surface area contributed by atoms with Gasteiger partial charge in [0.15, 0.2) is 6.10 Å². The summed E-state index contributed by atoms with van der Waals surface area (Å²) in [6.07, 6.45) is 2.49. The van der Waals surface area contributed by atoms with Crippen LogP contribution in [0.2, 0.25) is 0 Å². The zero-order chi connectivity index (χ0) is 16.2. The predicted molar refractivity (Wildman–Crippen MR) is 79.5 cm³/mol. The average Bonchev–Trinajstić information content (AvgIpc) is 3.06. The van der Waals surface area contributed by atoms with E-state index in [1.807, 2.05) is 0 Å². The van der Waals surface area contributed by atoms with Gasteiger partial charge in [-0.1, -0.05) is 17.3 Å². The van der Waals surface area contributed by atoms with E-state index in [1.165, 1.54) is 12.1 Å². The first-order valence-electron chi connectivity index (χ1n) is 6.88. The van der Waals surface area contributed by atoms with E-state index in [0.29, 0.717) is 11.4 Å². The van der Waals surface area contributed by atoms with Gasteiger partial charge in [-0.25, -0.2) is 4.79 Å². The van der Waals surface area contributed by atoms with Gasteiger partial charge in [0.05, 0.1) is 0 Å². The quantitative estimate of drug-likeness (QED) is 0.740. The van der Waals surface area contributed by atoms with Crippen LogP contribution in [0.3, 0.4) is 0 Å². The number of carbonyl (C=O) groups excluding carboxylic acids is 1. The van der Waals surface area contributed by atoms with Gasteiger partial charge >= 0.3 is 5.97 Å². The molecular formula is C16H13N3O4. The van der Waals surface area contributed by atoms with Crippen molar-refractivity contribution in [3.63, 3.8) is 0 Å². The van der Waals surface area contributed by atoms with Crippen LogP contribution in [0.15, 0.2) is 53.3 Å². The van der Waals surface area contributed by atoms with Crippen LogP contribution in [0.1, 0.15) is 29.3 Å². The predicted octanol–water partition coefficient (Wildman–Crippen LogP) is 2.76. The molecule has 3 aromatic rings. The monoisotopic (exact) mass is 311 g/mol. The summed E-state index contributed by atoms with van der Waals surface area (Å²) in [4.78, 5) is 20.2. The van der Waals surface area contributed by atoms with Gasteiger partial charge in [0.1, 0.15) is 11.3 Å². The normalized spacial score (nSPS) is 11.9. The SMILES string of the molecule is C[C@@H](OC(=O)c1ccccc1O)c1nc(-c2cccnc2)no1. The number of rotatable bonds is 4. The van der Waals surface area contributed by atoms with E-state index >= 15 is 0 Å². The molecule has 0 saturated carbocycles. The lowest BCUT2D eigenvalue weighted by Crippen LogP contribution is -2.09. The summed E-state index contributed by atoms with van der Waals surface area (Å²) in [6, 6.07) is 9.68. The molecule has 0 aliphatic heterocycles. The van der Waals surface area contributed by atoms with Crippen molar-refractivity contribution in [1.29, 1.82) is 0 Å². The number of benzene rings is 1. The van der Waals surface area contributed by atoms with Crippen molar-refractivity contribution in [3.8, 4) is 17.1 Å². The summed E-state index contributed by atoms with van der Waals surface area (Å²) in [7, 11) is 0. The van der Waals surface area contributed by atoms with Crippen LogP contribution in [0, 0.1) is 0 Å². The Morgan fingerprint density at radius 1 is 1.26 bits per heavy atom. The number of hydrogen-bond acceptors (Lipinski definition) is 7. The Bertz CT molecular complexity index is 817. The third-order valence-electron chi connectivity index (χ3n) is 3.12. The second kappa shape index (κ2) is 6.27. The molecule has 7 heteroatoms. The number of carbonyl (C=O) groups is 1. The minimum atomic E-state index is -0.750. The number of phenolic OH excluding ortho intramolecular Hbond substituents is 1. The fourth-order valence-electron chi connectivity index (χ4n) is 1.93. The van der Waals surface area contributed by atoms with Crippen molar-refractivity contribution in [2.75, 3.05) is 0 Å². The highest BCUT2D eigenvalue weighted by Crippen LogP contribution is 2.23. The lowest BCUT2D eigenvalue weighted by molar-refractivity contribution is 0.0262. The van der Waals surface area contributed by atoms with Crippen LogP contribution < -0.4 is 0 Å². The fraction of sp³-hybridized carbons (Fsp3) is 0.125. The Morgan fingerprint density at radius 2 is 2.09 bits per heavy atom. The molecule has 0 amide bonds. The van der Waals surface area contributed by atoms with Gasteiger partial charge in [-0.05, 0) is 31.2 Å². The molecule has 3 rings (SSSR count). The minimum Gasteiger partial charge on any atom is -0.507 e. The number of aromatic hydroxyl groups is 1. The Labute approximate surface area is 131 Å². The maximum atomic E-state index is 12.0. The van der Waals surface area contributed by atoms with E-state index < -0.39 is 12.1 Å². The highest BCUT2D eigenvalue weighted by atomic mass is 16.6. The highest BCUT2D eigenvalue weighted by molar-refractivity contribution is 5.92. The third-order valence-corrected chi connectivity index (χ3v) is 3.12. The summed E-state index contributed by atoms with van der Waals surface area (Å²) in [6.45, 7) is 1.61. The van der Waals surface area contributed by atoms with Crippen molar-refractivity contribution in [1.82, 2.24) is 15.1 Å². The number of aromatic nitrogens is 3. The molecule has 7 nitrogen and oxygen atoms in total. The van der Waals surface area contributed by atoms with E-state index in [1.54, 1.807) is 43.6 Å². The molecule has 0 unspecified atom stereocenters. The molecule has 1 atom stereocenters. The average molecular weight is 311 g/mol. The van der Waals surface area contributed by atoms with Crippen molar-refractivity contribution in [3.05, 3.63) is 60.2 Å². The number of esters is 1. The van der Waals surface area contributed by atoms with Gasteiger partial charge in [-0.3, -0.25) is 4.98 Å². The summed E-state index contributed by atoms with van der Waals surface area (Å²) in [5.74, 6) is -0.297. The van der Waals surface area contributed by atoms with Crippen LogP contribution in [-0.2, 0) is 4.74 Å². The first-order chi connectivity index (χ1) is 11.1. The number of ether oxygens (including phenoxy) is 1. The first-order valence-corrected chi connectivity index (χ1v) is 6.88. The largest absolute Gasteiger partial charge is 0.507 e. The van der Waals surface area contributed by atoms with Crippen molar-refractivity contribution < 1.29 is 19.2 Å². The summed E-state index contributed by atoms with van der Waals surface area (Å²) in [5, 5.41) is 13.5. The Hall–Kier alpha value is -3.22. The van der Waals surface area contributed by atoms with Crippen LogP contribution in [0.5, 0.6) is 5.75 Å². The van der Waals surface area contributed by atoms with Crippen molar-refractivity contribution in [2.24, 2.45) is 0 Å². The Morgan fingerprint density at radius 3 is 2.83 bits per heavy atom. The van der Waals surface area contributed by atoms with Gasteiger partial charge < -0.3 is 14.4 Å². The molecule has 1 N–H and O–H groups in total. The van der Waals surface area contributed by atoms with Crippen molar-refractivity contribution >= 4 is 5.97 Å². The molecule has 0 saturated heterocycles. The molecule has 1 aromatic carbocycles. The smallest absolute Gasteiger partial charge is 0.342 e. The summed E-state index contributed by atoms with van der Waals surface area (Å²) in [5.41, 5.74) is 0.771. The molecule has 116 valence electrons. The molecule has 0 aliphatic carbocycles. The number of pyridine rings is 1. The van der Waals surface area contributed by atoms with E-state index in [2.05, 4.69) is 15.1 Å². The Kier molecular flexibility index (Phi) is 4.01. The highest BCUT2D eigenvalue weighted by Gasteiger charge is 2.21. The van der Waals surface area contributed by atoms with Crippen LogP contribution in [0.4, 0.5) is 0 Å². The molecule has 2 heterocycles. The van der Waals surface area contributed by atoms with Crippen LogP contribution in [-0.4, -0.2) is 26.2 Å². The zero-order valence-corrected chi connectivity index (χ0v) is 12.2. The zero-order valence-electron chi connectivity index (χ0n) is 12.2. The summed E-state index contributed by atoms with van der Waals surface area (Å²) >= 11 is 0. The van der Waals surface area contributed by atoms with E-state index in [-0.39, 0.29) is 17.2 Å². The maximum absolute atomic E-state index is 12.0.